The zero-order chi connectivity index (χ0) is 12.2. The summed E-state index contributed by atoms with van der Waals surface area (Å²) in [6, 6.07) is 0. The van der Waals surface area contributed by atoms with E-state index < -0.39 is 6.29 Å². The fourth-order valence-corrected chi connectivity index (χ4v) is 1.82. The van der Waals surface area contributed by atoms with Crippen molar-refractivity contribution < 1.29 is 14.3 Å². The third-order valence-corrected chi connectivity index (χ3v) is 2.74. The lowest BCUT2D eigenvalue weighted by molar-refractivity contribution is -0.148. The molecule has 4 heteroatoms. The monoisotopic (exact) mass is 229 g/mol. The Morgan fingerprint density at radius 2 is 1.75 bits per heavy atom. The molecule has 0 aliphatic carbocycles. The Bertz CT molecular complexity index is 229. The average Bonchev–Trinajstić information content (AvgIpc) is 2.25. The number of likely N-dealkylation sites (tertiary alicyclic amines) is 1. The van der Waals surface area contributed by atoms with Crippen LogP contribution in [0, 0.1) is 5.41 Å². The standard InChI is InChI=1S/C12H23NO3/c1-12(2,3)10(15-4)16-11(14)13-8-6-5-7-9-13/h10H,5-9H2,1-4H3. The molecular weight excluding hydrogens is 206 g/mol. The second kappa shape index (κ2) is 5.53. The normalized spacial score (nSPS) is 19.4. The molecule has 1 aliphatic heterocycles. The van der Waals surface area contributed by atoms with Crippen LogP contribution in [0.1, 0.15) is 40.0 Å². The molecular formula is C12H23NO3. The zero-order valence-electron chi connectivity index (χ0n) is 10.8. The molecule has 1 unspecified atom stereocenters. The van der Waals surface area contributed by atoms with Gasteiger partial charge in [0.15, 0.2) is 0 Å². The molecule has 4 nitrogen and oxygen atoms in total. The van der Waals surface area contributed by atoms with E-state index in [1.807, 2.05) is 20.8 Å². The number of carbonyl (C=O) groups excluding carboxylic acids is 1. The summed E-state index contributed by atoms with van der Waals surface area (Å²) in [4.78, 5) is 13.6. The van der Waals surface area contributed by atoms with Crippen molar-refractivity contribution in [3.05, 3.63) is 0 Å². The molecule has 0 aromatic heterocycles. The molecule has 94 valence electrons. The van der Waals surface area contributed by atoms with Crippen LogP contribution < -0.4 is 0 Å². The quantitative estimate of drug-likeness (QED) is 0.683. The number of hydrogen-bond acceptors (Lipinski definition) is 3. The number of amides is 1. The largest absolute Gasteiger partial charge is 0.419 e. The molecule has 1 rings (SSSR count). The number of piperidine rings is 1. The van der Waals surface area contributed by atoms with E-state index in [4.69, 9.17) is 9.47 Å². The summed E-state index contributed by atoms with van der Waals surface area (Å²) >= 11 is 0. The second-order valence-electron chi connectivity index (χ2n) is 5.37. The molecule has 1 heterocycles. The topological polar surface area (TPSA) is 38.8 Å². The molecule has 0 spiro atoms. The fourth-order valence-electron chi connectivity index (χ4n) is 1.82. The number of rotatable bonds is 2. The summed E-state index contributed by atoms with van der Waals surface area (Å²) in [5.41, 5.74) is -0.194. The Balaban J connectivity index is 2.48. The van der Waals surface area contributed by atoms with Gasteiger partial charge in [0.2, 0.25) is 6.29 Å². The molecule has 1 atom stereocenters. The van der Waals surface area contributed by atoms with Crippen LogP contribution in [0.2, 0.25) is 0 Å². The van der Waals surface area contributed by atoms with Gasteiger partial charge < -0.3 is 14.4 Å². The third kappa shape index (κ3) is 3.67. The van der Waals surface area contributed by atoms with Gasteiger partial charge in [0.05, 0.1) is 0 Å². The highest BCUT2D eigenvalue weighted by molar-refractivity contribution is 5.67. The minimum atomic E-state index is -0.484. The summed E-state index contributed by atoms with van der Waals surface area (Å²) < 4.78 is 10.6. The van der Waals surface area contributed by atoms with Gasteiger partial charge in [-0.05, 0) is 19.3 Å². The van der Waals surface area contributed by atoms with Crippen LogP contribution in [-0.2, 0) is 9.47 Å². The molecule has 1 fully saturated rings. The summed E-state index contributed by atoms with van der Waals surface area (Å²) in [6.07, 6.45) is 2.62. The van der Waals surface area contributed by atoms with Crippen LogP contribution in [0.25, 0.3) is 0 Å². The number of nitrogens with zero attached hydrogens (tertiary/aromatic N) is 1. The lowest BCUT2D eigenvalue weighted by Crippen LogP contribution is -2.41. The summed E-state index contributed by atoms with van der Waals surface area (Å²) in [5.74, 6) is 0. The predicted octanol–water partition coefficient (Wildman–Crippen LogP) is 2.63. The van der Waals surface area contributed by atoms with E-state index in [0.717, 1.165) is 25.9 Å². The molecule has 1 saturated heterocycles. The molecule has 0 aromatic carbocycles. The van der Waals surface area contributed by atoms with E-state index in [-0.39, 0.29) is 11.5 Å². The lowest BCUT2D eigenvalue weighted by atomic mass is 9.96. The Morgan fingerprint density at radius 3 is 2.19 bits per heavy atom. The smallest absolute Gasteiger partial charge is 0.412 e. The first-order chi connectivity index (χ1) is 7.45. The predicted molar refractivity (Wildman–Crippen MR) is 62.2 cm³/mol. The van der Waals surface area contributed by atoms with Gasteiger partial charge in [0, 0.05) is 25.6 Å². The van der Waals surface area contributed by atoms with Crippen LogP contribution in [-0.4, -0.2) is 37.5 Å². The molecule has 0 N–H and O–H groups in total. The number of carbonyl (C=O) groups is 1. The van der Waals surface area contributed by atoms with Gasteiger partial charge in [-0.15, -0.1) is 0 Å². The highest BCUT2D eigenvalue weighted by Crippen LogP contribution is 2.23. The van der Waals surface area contributed by atoms with Gasteiger partial charge in [0.1, 0.15) is 0 Å². The molecule has 0 bridgehead atoms. The Kier molecular flexibility index (Phi) is 4.59. The average molecular weight is 229 g/mol. The minimum Gasteiger partial charge on any atom is -0.419 e. The van der Waals surface area contributed by atoms with Crippen molar-refractivity contribution in [1.29, 1.82) is 0 Å². The van der Waals surface area contributed by atoms with Gasteiger partial charge >= 0.3 is 6.09 Å². The van der Waals surface area contributed by atoms with Crippen LogP contribution >= 0.6 is 0 Å². The van der Waals surface area contributed by atoms with Gasteiger partial charge in [0.25, 0.3) is 0 Å². The van der Waals surface area contributed by atoms with Crippen molar-refractivity contribution in [3.63, 3.8) is 0 Å². The van der Waals surface area contributed by atoms with E-state index in [9.17, 15) is 4.79 Å². The van der Waals surface area contributed by atoms with Crippen molar-refractivity contribution in [3.8, 4) is 0 Å². The maximum absolute atomic E-state index is 11.8. The highest BCUT2D eigenvalue weighted by atomic mass is 16.7. The van der Waals surface area contributed by atoms with Crippen LogP contribution in [0.5, 0.6) is 0 Å². The lowest BCUT2D eigenvalue weighted by Gasteiger charge is -2.32. The van der Waals surface area contributed by atoms with E-state index in [1.165, 1.54) is 6.42 Å². The molecule has 0 aromatic rings. The van der Waals surface area contributed by atoms with Crippen LogP contribution in [0.4, 0.5) is 4.79 Å². The van der Waals surface area contributed by atoms with Gasteiger partial charge in [-0.2, -0.15) is 0 Å². The van der Waals surface area contributed by atoms with Crippen molar-refractivity contribution >= 4 is 6.09 Å². The Hall–Kier alpha value is -0.770. The number of ether oxygens (including phenoxy) is 2. The molecule has 0 saturated carbocycles. The Labute approximate surface area is 97.9 Å². The van der Waals surface area contributed by atoms with Gasteiger partial charge in [-0.3, -0.25) is 0 Å². The van der Waals surface area contributed by atoms with Crippen molar-refractivity contribution in [1.82, 2.24) is 4.90 Å². The fraction of sp³-hybridized carbons (Fsp3) is 0.917. The minimum absolute atomic E-state index is 0.194. The maximum Gasteiger partial charge on any atom is 0.412 e. The van der Waals surface area contributed by atoms with Crippen LogP contribution in [0.3, 0.4) is 0 Å². The van der Waals surface area contributed by atoms with Crippen molar-refractivity contribution in [2.24, 2.45) is 5.41 Å². The molecule has 1 amide bonds. The number of methoxy groups -OCH3 is 1. The molecule has 0 radical (unpaired) electrons. The summed E-state index contributed by atoms with van der Waals surface area (Å²) in [7, 11) is 1.57. The van der Waals surface area contributed by atoms with Crippen molar-refractivity contribution in [2.45, 2.75) is 46.3 Å². The zero-order valence-corrected chi connectivity index (χ0v) is 10.8. The maximum atomic E-state index is 11.8. The van der Waals surface area contributed by atoms with E-state index in [0.29, 0.717) is 0 Å². The Morgan fingerprint density at radius 1 is 1.19 bits per heavy atom. The second-order valence-corrected chi connectivity index (χ2v) is 5.37. The van der Waals surface area contributed by atoms with E-state index in [2.05, 4.69) is 0 Å². The molecule has 16 heavy (non-hydrogen) atoms. The number of hydrogen-bond donors (Lipinski definition) is 0. The van der Waals surface area contributed by atoms with Crippen molar-refractivity contribution in [2.75, 3.05) is 20.2 Å². The SMILES string of the molecule is COC(OC(=O)N1CCCCC1)C(C)(C)C. The summed E-state index contributed by atoms with van der Waals surface area (Å²) in [6.45, 7) is 7.58. The summed E-state index contributed by atoms with van der Waals surface area (Å²) in [5, 5.41) is 0. The van der Waals surface area contributed by atoms with E-state index >= 15 is 0 Å². The third-order valence-electron chi connectivity index (χ3n) is 2.74. The van der Waals surface area contributed by atoms with Gasteiger partial charge in [-0.1, -0.05) is 20.8 Å². The first-order valence-electron chi connectivity index (χ1n) is 5.93. The van der Waals surface area contributed by atoms with Crippen LogP contribution in [0.15, 0.2) is 0 Å². The first-order valence-corrected chi connectivity index (χ1v) is 5.93. The highest BCUT2D eigenvalue weighted by Gasteiger charge is 2.30. The van der Waals surface area contributed by atoms with Gasteiger partial charge in [-0.25, -0.2) is 4.79 Å². The van der Waals surface area contributed by atoms with E-state index in [1.54, 1.807) is 12.0 Å². The molecule has 1 aliphatic rings. The first kappa shape index (κ1) is 13.3.